The molecule has 0 saturated carbocycles. The Kier molecular flexibility index (Phi) is 7.14. The number of benzene rings is 1. The first kappa shape index (κ1) is 18.6. The van der Waals surface area contributed by atoms with E-state index < -0.39 is 5.97 Å². The number of hydrazone groups is 2. The maximum atomic E-state index is 12.0. The topological polar surface area (TPSA) is 101 Å². The molecule has 0 bridgehead atoms. The lowest BCUT2D eigenvalue weighted by molar-refractivity contribution is -0.134. The second-order valence-corrected chi connectivity index (χ2v) is 5.15. The summed E-state index contributed by atoms with van der Waals surface area (Å²) in [5.74, 6) is -0.587. The Hall–Kier alpha value is -2.48. The van der Waals surface area contributed by atoms with Crippen LogP contribution in [0.15, 0.2) is 28.4 Å². The molecule has 0 amide bonds. The molecule has 7 nitrogen and oxygen atoms in total. The fourth-order valence-electron chi connectivity index (χ4n) is 1.65. The number of carbonyl (C=O) groups is 1. The second-order valence-electron chi connectivity index (χ2n) is 4.71. The van der Waals surface area contributed by atoms with Crippen LogP contribution in [0.3, 0.4) is 0 Å². The van der Waals surface area contributed by atoms with Crippen LogP contribution >= 0.6 is 12.2 Å². The molecule has 1 aromatic rings. The van der Waals surface area contributed by atoms with E-state index in [1.807, 2.05) is 32.0 Å². The number of nitrogens with one attached hydrogen (secondary N) is 2. The zero-order chi connectivity index (χ0) is 17.4. The maximum Gasteiger partial charge on any atom is 0.360 e. The SMILES string of the molecule is CCOC(=O)C(=N\Nc1cccc(C)c1C)/C(C)=N\NC(N)=S. The van der Waals surface area contributed by atoms with Gasteiger partial charge in [0.05, 0.1) is 18.0 Å². The van der Waals surface area contributed by atoms with Crippen molar-refractivity contribution in [3.63, 3.8) is 0 Å². The van der Waals surface area contributed by atoms with Crippen LogP contribution in [0.25, 0.3) is 0 Å². The molecule has 0 aliphatic heterocycles. The molecule has 0 aromatic heterocycles. The van der Waals surface area contributed by atoms with Crippen molar-refractivity contribution in [2.24, 2.45) is 15.9 Å². The molecule has 4 N–H and O–H groups in total. The average Bonchev–Trinajstić information content (AvgIpc) is 2.49. The average molecular weight is 335 g/mol. The van der Waals surface area contributed by atoms with Crippen LogP contribution < -0.4 is 16.6 Å². The molecule has 1 aromatic carbocycles. The Morgan fingerprint density at radius 2 is 2.04 bits per heavy atom. The number of esters is 1. The molecule has 0 atom stereocenters. The highest BCUT2D eigenvalue weighted by Gasteiger charge is 2.17. The summed E-state index contributed by atoms with van der Waals surface area (Å²) in [7, 11) is 0. The van der Waals surface area contributed by atoms with Crippen LogP contribution in [0.5, 0.6) is 0 Å². The minimum Gasteiger partial charge on any atom is -0.461 e. The van der Waals surface area contributed by atoms with Crippen LogP contribution in [0, 0.1) is 13.8 Å². The van der Waals surface area contributed by atoms with Gasteiger partial charge in [-0.25, -0.2) is 4.79 Å². The summed E-state index contributed by atoms with van der Waals surface area (Å²) in [6.45, 7) is 7.51. The van der Waals surface area contributed by atoms with Gasteiger partial charge in [0.2, 0.25) is 0 Å². The summed E-state index contributed by atoms with van der Waals surface area (Å²) in [5, 5.41) is 8.03. The van der Waals surface area contributed by atoms with E-state index in [2.05, 4.69) is 33.3 Å². The molecule has 0 saturated heterocycles. The molecular formula is C15H21N5O2S. The van der Waals surface area contributed by atoms with Crippen molar-refractivity contribution in [3.8, 4) is 0 Å². The number of nitrogens with two attached hydrogens (primary N) is 1. The first-order valence-corrected chi connectivity index (χ1v) is 7.44. The Balaban J connectivity index is 3.08. The van der Waals surface area contributed by atoms with Crippen LogP contribution in [0.1, 0.15) is 25.0 Å². The van der Waals surface area contributed by atoms with Gasteiger partial charge in [0, 0.05) is 0 Å². The van der Waals surface area contributed by atoms with E-state index in [9.17, 15) is 4.79 Å². The molecule has 0 aliphatic carbocycles. The van der Waals surface area contributed by atoms with E-state index in [0.29, 0.717) is 5.71 Å². The minimum atomic E-state index is -0.587. The van der Waals surface area contributed by atoms with Crippen LogP contribution in [-0.2, 0) is 9.53 Å². The van der Waals surface area contributed by atoms with Crippen LogP contribution in [0.4, 0.5) is 5.69 Å². The molecule has 8 heteroatoms. The van der Waals surface area contributed by atoms with Crippen molar-refractivity contribution in [2.45, 2.75) is 27.7 Å². The fourth-order valence-corrected chi connectivity index (χ4v) is 1.70. The van der Waals surface area contributed by atoms with Crippen molar-refractivity contribution in [1.82, 2.24) is 5.43 Å². The molecule has 0 heterocycles. The van der Waals surface area contributed by atoms with Crippen molar-refractivity contribution in [2.75, 3.05) is 12.0 Å². The third-order valence-electron chi connectivity index (χ3n) is 3.04. The van der Waals surface area contributed by atoms with Crippen molar-refractivity contribution in [1.29, 1.82) is 0 Å². The number of rotatable bonds is 6. The van der Waals surface area contributed by atoms with Gasteiger partial charge in [0.25, 0.3) is 0 Å². The van der Waals surface area contributed by atoms with Gasteiger partial charge in [0.1, 0.15) is 0 Å². The smallest absolute Gasteiger partial charge is 0.360 e. The number of nitrogens with zero attached hydrogens (tertiary/aromatic N) is 2. The summed E-state index contributed by atoms with van der Waals surface area (Å²) in [6.07, 6.45) is 0. The van der Waals surface area contributed by atoms with Crippen molar-refractivity contribution < 1.29 is 9.53 Å². The Labute approximate surface area is 141 Å². The van der Waals surface area contributed by atoms with E-state index in [1.54, 1.807) is 13.8 Å². The number of carbonyl (C=O) groups excluding carboxylic acids is 1. The lowest BCUT2D eigenvalue weighted by atomic mass is 10.1. The lowest BCUT2D eigenvalue weighted by Crippen LogP contribution is -2.30. The van der Waals surface area contributed by atoms with E-state index in [0.717, 1.165) is 16.8 Å². The molecule has 0 spiro atoms. The minimum absolute atomic E-state index is 0.00459. The molecule has 1 rings (SSSR count). The number of aryl methyl sites for hydroxylation is 1. The summed E-state index contributed by atoms with van der Waals surface area (Å²) in [5.41, 5.74) is 13.9. The van der Waals surface area contributed by atoms with Crippen LogP contribution in [-0.4, -0.2) is 29.1 Å². The Morgan fingerprint density at radius 1 is 1.35 bits per heavy atom. The van der Waals surface area contributed by atoms with Gasteiger partial charge in [-0.15, -0.1) is 0 Å². The number of thiocarbonyl (C=S) groups is 1. The van der Waals surface area contributed by atoms with Gasteiger partial charge in [0.15, 0.2) is 10.8 Å². The lowest BCUT2D eigenvalue weighted by Gasteiger charge is -2.10. The fraction of sp³-hybridized carbons (Fsp3) is 0.333. The Morgan fingerprint density at radius 3 is 2.65 bits per heavy atom. The van der Waals surface area contributed by atoms with Gasteiger partial charge in [-0.3, -0.25) is 10.9 Å². The quantitative estimate of drug-likeness (QED) is 0.317. The third kappa shape index (κ3) is 5.67. The van der Waals surface area contributed by atoms with Gasteiger partial charge in [-0.05, 0) is 57.1 Å². The zero-order valence-electron chi connectivity index (χ0n) is 13.6. The van der Waals surface area contributed by atoms with E-state index in [-0.39, 0.29) is 17.4 Å². The molecular weight excluding hydrogens is 314 g/mol. The number of hydrogen-bond acceptors (Lipinski definition) is 6. The summed E-state index contributed by atoms with van der Waals surface area (Å²) < 4.78 is 4.99. The van der Waals surface area contributed by atoms with Gasteiger partial charge in [-0.1, -0.05) is 12.1 Å². The van der Waals surface area contributed by atoms with Gasteiger partial charge >= 0.3 is 5.97 Å². The van der Waals surface area contributed by atoms with E-state index in [4.69, 9.17) is 10.5 Å². The standard InChI is InChI=1S/C15H21N5O2S/c1-5-22-14(21)13(11(4)17-20-15(16)23)19-18-12-8-6-7-9(2)10(12)3/h6-8,18H,5H2,1-4H3,(H3,16,20,23)/b17-11-,19-13-. The highest BCUT2D eigenvalue weighted by Crippen LogP contribution is 2.17. The summed E-state index contributed by atoms with van der Waals surface area (Å²) in [6, 6.07) is 5.77. The second kappa shape index (κ2) is 8.84. The molecule has 23 heavy (non-hydrogen) atoms. The highest BCUT2D eigenvalue weighted by atomic mass is 32.1. The van der Waals surface area contributed by atoms with Crippen molar-refractivity contribution in [3.05, 3.63) is 29.3 Å². The number of hydrogen-bond donors (Lipinski definition) is 3. The first-order chi connectivity index (χ1) is 10.9. The number of ether oxygens (including phenoxy) is 1. The largest absolute Gasteiger partial charge is 0.461 e. The van der Waals surface area contributed by atoms with E-state index >= 15 is 0 Å². The predicted molar refractivity (Wildman–Crippen MR) is 96.6 cm³/mol. The first-order valence-electron chi connectivity index (χ1n) is 7.04. The summed E-state index contributed by atoms with van der Waals surface area (Å²) in [4.78, 5) is 12.0. The van der Waals surface area contributed by atoms with Crippen molar-refractivity contribution >= 4 is 40.4 Å². The zero-order valence-corrected chi connectivity index (χ0v) is 14.5. The van der Waals surface area contributed by atoms with Gasteiger partial charge < -0.3 is 10.5 Å². The third-order valence-corrected chi connectivity index (χ3v) is 3.13. The predicted octanol–water partition coefficient (Wildman–Crippen LogP) is 1.84. The maximum absolute atomic E-state index is 12.0. The van der Waals surface area contributed by atoms with Crippen LogP contribution in [0.2, 0.25) is 0 Å². The van der Waals surface area contributed by atoms with E-state index in [1.165, 1.54) is 0 Å². The molecule has 0 aliphatic rings. The monoisotopic (exact) mass is 335 g/mol. The normalized spacial score (nSPS) is 11.8. The van der Waals surface area contributed by atoms with Gasteiger partial charge in [-0.2, -0.15) is 10.2 Å². The Bertz CT molecular complexity index is 655. The molecule has 124 valence electrons. The number of anilines is 1. The molecule has 0 radical (unpaired) electrons. The highest BCUT2D eigenvalue weighted by molar-refractivity contribution is 7.80. The summed E-state index contributed by atoms with van der Waals surface area (Å²) >= 11 is 4.68. The molecule has 0 fully saturated rings. The molecule has 0 unspecified atom stereocenters.